The van der Waals surface area contributed by atoms with Crippen molar-refractivity contribution in [3.05, 3.63) is 75.8 Å². The Labute approximate surface area is 187 Å². The molecule has 8 heteroatoms. The molecular formula is C24H28N6O2. The first-order valence-corrected chi connectivity index (χ1v) is 10.8. The molecule has 2 heterocycles. The van der Waals surface area contributed by atoms with E-state index in [1.165, 1.54) is 9.36 Å². The predicted octanol–water partition coefficient (Wildman–Crippen LogP) is 3.86. The molecule has 0 aliphatic carbocycles. The number of nitrogens with zero attached hydrogens (tertiary/aromatic N) is 6. The van der Waals surface area contributed by atoms with E-state index in [4.69, 9.17) is 4.74 Å². The normalized spacial score (nSPS) is 11.3. The van der Waals surface area contributed by atoms with E-state index in [0.29, 0.717) is 18.3 Å². The minimum atomic E-state index is -0.291. The summed E-state index contributed by atoms with van der Waals surface area (Å²) in [6, 6.07) is 14.3. The Hall–Kier alpha value is -3.68. The van der Waals surface area contributed by atoms with Gasteiger partial charge in [0.1, 0.15) is 12.4 Å². The number of rotatable bonds is 7. The Balaban J connectivity index is 1.61. The lowest BCUT2D eigenvalue weighted by Gasteiger charge is -2.15. The number of hydrogen-bond donors (Lipinski definition) is 0. The first-order valence-electron chi connectivity index (χ1n) is 10.8. The topological polar surface area (TPSA) is 79.8 Å². The second-order valence-electron chi connectivity index (χ2n) is 8.11. The summed E-state index contributed by atoms with van der Waals surface area (Å²) in [4.78, 5) is 12.4. The van der Waals surface area contributed by atoms with Gasteiger partial charge in [-0.15, -0.1) is 0 Å². The first-order chi connectivity index (χ1) is 15.4. The highest BCUT2D eigenvalue weighted by Gasteiger charge is 2.15. The lowest BCUT2D eigenvalue weighted by Crippen LogP contribution is -2.23. The van der Waals surface area contributed by atoms with E-state index < -0.39 is 0 Å². The summed E-state index contributed by atoms with van der Waals surface area (Å²) in [6.07, 6.45) is 2.81. The van der Waals surface area contributed by atoms with Crippen molar-refractivity contribution < 1.29 is 4.74 Å². The van der Waals surface area contributed by atoms with Crippen molar-refractivity contribution in [3.8, 4) is 22.7 Å². The average molecular weight is 433 g/mol. The van der Waals surface area contributed by atoms with E-state index >= 15 is 0 Å². The van der Waals surface area contributed by atoms with Gasteiger partial charge in [-0.2, -0.15) is 14.5 Å². The van der Waals surface area contributed by atoms with Gasteiger partial charge in [-0.25, -0.2) is 4.79 Å². The highest BCUT2D eigenvalue weighted by molar-refractivity contribution is 5.61. The van der Waals surface area contributed by atoms with Gasteiger partial charge in [-0.3, -0.25) is 4.68 Å². The van der Waals surface area contributed by atoms with Crippen LogP contribution in [0.2, 0.25) is 0 Å². The van der Waals surface area contributed by atoms with E-state index in [9.17, 15) is 4.79 Å². The monoisotopic (exact) mass is 432 g/mol. The van der Waals surface area contributed by atoms with Gasteiger partial charge in [0.25, 0.3) is 0 Å². The molecule has 0 aliphatic heterocycles. The van der Waals surface area contributed by atoms with Crippen LogP contribution < -0.4 is 10.4 Å². The van der Waals surface area contributed by atoms with Crippen LogP contribution in [0.5, 0.6) is 5.75 Å². The van der Waals surface area contributed by atoms with Crippen molar-refractivity contribution in [2.75, 3.05) is 0 Å². The van der Waals surface area contributed by atoms with Crippen molar-refractivity contribution in [1.82, 2.24) is 29.6 Å². The lowest BCUT2D eigenvalue weighted by atomic mass is 10.0. The smallest absolute Gasteiger partial charge is 0.368 e. The summed E-state index contributed by atoms with van der Waals surface area (Å²) in [5.41, 5.74) is 5.44. The summed E-state index contributed by atoms with van der Waals surface area (Å²) in [5, 5.41) is 12.5. The van der Waals surface area contributed by atoms with Gasteiger partial charge < -0.3 is 4.74 Å². The number of ether oxygens (including phenoxy) is 1. The molecule has 0 aliphatic rings. The lowest BCUT2D eigenvalue weighted by molar-refractivity contribution is 0.302. The quantitative estimate of drug-likeness (QED) is 0.443. The Morgan fingerprint density at radius 3 is 2.53 bits per heavy atom. The largest absolute Gasteiger partial charge is 0.489 e. The number of aromatic nitrogens is 6. The molecule has 166 valence electrons. The molecule has 0 bridgehead atoms. The third-order valence-corrected chi connectivity index (χ3v) is 5.56. The Morgan fingerprint density at radius 2 is 1.91 bits per heavy atom. The van der Waals surface area contributed by atoms with Crippen molar-refractivity contribution >= 4 is 0 Å². The van der Waals surface area contributed by atoms with Gasteiger partial charge in [0.15, 0.2) is 0 Å². The minimum Gasteiger partial charge on any atom is -0.489 e. The molecule has 8 nitrogen and oxygen atoms in total. The van der Waals surface area contributed by atoms with Gasteiger partial charge in [-0.1, -0.05) is 19.1 Å². The zero-order valence-corrected chi connectivity index (χ0v) is 19.1. The summed E-state index contributed by atoms with van der Waals surface area (Å²) >= 11 is 0. The molecule has 0 radical (unpaired) electrons. The second-order valence-corrected chi connectivity index (χ2v) is 8.11. The first kappa shape index (κ1) is 21.5. The molecule has 2 aromatic heterocycles. The van der Waals surface area contributed by atoms with Crippen LogP contribution in [0.15, 0.2) is 53.5 Å². The van der Waals surface area contributed by atoms with Crippen molar-refractivity contribution in [3.63, 3.8) is 0 Å². The van der Waals surface area contributed by atoms with Crippen LogP contribution in [0.3, 0.4) is 0 Å². The second kappa shape index (κ2) is 8.82. The molecule has 0 fully saturated rings. The van der Waals surface area contributed by atoms with E-state index in [2.05, 4.69) is 42.4 Å². The number of benzene rings is 2. The van der Waals surface area contributed by atoms with Crippen LogP contribution in [0.4, 0.5) is 0 Å². The van der Waals surface area contributed by atoms with Gasteiger partial charge >= 0.3 is 5.69 Å². The molecule has 2 aromatic carbocycles. The Morgan fingerprint density at radius 1 is 1.09 bits per heavy atom. The number of tetrazole rings is 1. The molecular weight excluding hydrogens is 404 g/mol. The van der Waals surface area contributed by atoms with E-state index in [-0.39, 0.29) is 5.69 Å². The Kier molecular flexibility index (Phi) is 5.94. The third-order valence-electron chi connectivity index (χ3n) is 5.56. The maximum atomic E-state index is 12.4. The maximum absolute atomic E-state index is 12.4. The zero-order chi connectivity index (χ0) is 22.8. The van der Waals surface area contributed by atoms with Crippen LogP contribution in [-0.4, -0.2) is 29.6 Å². The van der Waals surface area contributed by atoms with E-state index in [1.807, 2.05) is 54.2 Å². The van der Waals surface area contributed by atoms with Gasteiger partial charge in [0.05, 0.1) is 11.4 Å². The van der Waals surface area contributed by atoms with Crippen LogP contribution in [-0.2, 0) is 20.1 Å². The van der Waals surface area contributed by atoms with Crippen molar-refractivity contribution in [1.29, 1.82) is 0 Å². The van der Waals surface area contributed by atoms with Crippen LogP contribution >= 0.6 is 0 Å². The molecule has 4 rings (SSSR count). The standard InChI is InChI=1S/C24H28N6O2/c1-6-18-8-7-9-22(30-24(31)28(5)26-27-30)20(18)15-32-23-11-10-19(14-17(23)4)21-12-13-29(25-21)16(2)3/h7-14,16H,6,15H2,1-5H3. The van der Waals surface area contributed by atoms with Gasteiger partial charge in [0.2, 0.25) is 0 Å². The molecule has 0 unspecified atom stereocenters. The van der Waals surface area contributed by atoms with Crippen molar-refractivity contribution in [2.45, 2.75) is 46.8 Å². The zero-order valence-electron chi connectivity index (χ0n) is 19.1. The molecule has 0 saturated carbocycles. The fraction of sp³-hybridized carbons (Fsp3) is 0.333. The van der Waals surface area contributed by atoms with Gasteiger partial charge in [-0.05, 0) is 79.1 Å². The fourth-order valence-corrected chi connectivity index (χ4v) is 3.68. The van der Waals surface area contributed by atoms with E-state index in [0.717, 1.165) is 40.1 Å². The number of aryl methyl sites for hydroxylation is 3. The molecule has 0 saturated heterocycles. The molecule has 0 atom stereocenters. The highest BCUT2D eigenvalue weighted by atomic mass is 16.5. The average Bonchev–Trinajstić information content (AvgIpc) is 3.40. The Bertz CT molecular complexity index is 1300. The highest BCUT2D eigenvalue weighted by Crippen LogP contribution is 2.27. The SMILES string of the molecule is CCc1cccc(-n2nnn(C)c2=O)c1COc1ccc(-c2ccn(C(C)C)n2)cc1C. The minimum absolute atomic E-state index is 0.291. The predicted molar refractivity (Wildman–Crippen MR) is 123 cm³/mol. The van der Waals surface area contributed by atoms with E-state index in [1.54, 1.807) is 7.05 Å². The molecule has 0 amide bonds. The molecule has 4 aromatic rings. The number of hydrogen-bond acceptors (Lipinski definition) is 5. The molecule has 0 spiro atoms. The summed E-state index contributed by atoms with van der Waals surface area (Å²) in [5.74, 6) is 0.792. The molecule has 32 heavy (non-hydrogen) atoms. The van der Waals surface area contributed by atoms with Crippen LogP contribution in [0.1, 0.15) is 43.5 Å². The van der Waals surface area contributed by atoms with Crippen molar-refractivity contribution in [2.24, 2.45) is 7.05 Å². The fourth-order valence-electron chi connectivity index (χ4n) is 3.68. The molecule has 0 N–H and O–H groups in total. The third kappa shape index (κ3) is 4.08. The maximum Gasteiger partial charge on any atom is 0.368 e. The summed E-state index contributed by atoms with van der Waals surface area (Å²) in [6.45, 7) is 8.65. The van der Waals surface area contributed by atoms with Crippen LogP contribution in [0, 0.1) is 6.92 Å². The van der Waals surface area contributed by atoms with Crippen LogP contribution in [0.25, 0.3) is 16.9 Å². The van der Waals surface area contributed by atoms with Gasteiger partial charge in [0, 0.05) is 30.4 Å². The summed E-state index contributed by atoms with van der Waals surface area (Å²) in [7, 11) is 1.58. The summed E-state index contributed by atoms with van der Waals surface area (Å²) < 4.78 is 10.7.